The van der Waals surface area contributed by atoms with E-state index in [9.17, 15) is 14.9 Å². The van der Waals surface area contributed by atoms with Gasteiger partial charge in [0.15, 0.2) is 0 Å². The van der Waals surface area contributed by atoms with Gasteiger partial charge in [-0.2, -0.15) is 4.68 Å². The van der Waals surface area contributed by atoms with Crippen molar-refractivity contribution in [3.63, 3.8) is 0 Å². The number of carbonyl (C=O) groups is 1. The number of aromatic carboxylic acids is 1. The second-order valence-electron chi connectivity index (χ2n) is 3.87. The molecule has 0 bridgehead atoms. The summed E-state index contributed by atoms with van der Waals surface area (Å²) in [6.07, 6.45) is 1.50. The lowest BCUT2D eigenvalue weighted by atomic mass is 10.1. The minimum absolute atomic E-state index is 0.160. The summed E-state index contributed by atoms with van der Waals surface area (Å²) in [7, 11) is 0. The predicted octanol–water partition coefficient (Wildman–Crippen LogP) is 3.06. The first-order valence-corrected chi connectivity index (χ1v) is 6.86. The maximum atomic E-state index is 10.8. The molecule has 0 saturated heterocycles. The number of carboxylic acids is 1. The molecule has 0 saturated carbocycles. The fourth-order valence-electron chi connectivity index (χ4n) is 1.57. The van der Waals surface area contributed by atoms with Crippen molar-refractivity contribution in [3.8, 4) is 0 Å². The molecule has 7 nitrogen and oxygen atoms in total. The van der Waals surface area contributed by atoms with Crippen LogP contribution in [0.5, 0.6) is 0 Å². The van der Waals surface area contributed by atoms with Crippen molar-refractivity contribution in [2.45, 2.75) is 6.54 Å². The molecule has 0 aliphatic carbocycles. The molecule has 1 N–H and O–H groups in total. The molecule has 0 aliphatic heterocycles. The van der Waals surface area contributed by atoms with Gasteiger partial charge in [-0.15, -0.1) is 0 Å². The highest BCUT2D eigenvalue weighted by molar-refractivity contribution is 9.10. The molecule has 104 valence electrons. The molecule has 1 heterocycles. The first-order valence-electron chi connectivity index (χ1n) is 5.27. The summed E-state index contributed by atoms with van der Waals surface area (Å²) in [5, 5.41) is 23.4. The average molecular weight is 405 g/mol. The Hall–Kier alpha value is -1.74. The zero-order valence-corrected chi connectivity index (χ0v) is 13.0. The van der Waals surface area contributed by atoms with Crippen LogP contribution >= 0.6 is 31.9 Å². The molecule has 1 aromatic heterocycles. The van der Waals surface area contributed by atoms with E-state index >= 15 is 0 Å². The van der Waals surface area contributed by atoms with Crippen LogP contribution in [0.3, 0.4) is 0 Å². The maximum absolute atomic E-state index is 10.8. The maximum Gasteiger partial charge on any atom is 0.404 e. The first-order chi connectivity index (χ1) is 9.38. The molecule has 0 amide bonds. The molecule has 0 fully saturated rings. The molecule has 0 aliphatic rings. The van der Waals surface area contributed by atoms with Crippen molar-refractivity contribution in [2.24, 2.45) is 0 Å². The minimum Gasteiger partial charge on any atom is -0.478 e. The van der Waals surface area contributed by atoms with E-state index in [2.05, 4.69) is 37.0 Å². The van der Waals surface area contributed by atoms with Gasteiger partial charge < -0.3 is 15.2 Å². The van der Waals surface area contributed by atoms with Crippen LogP contribution in [0.4, 0.5) is 5.82 Å². The third kappa shape index (κ3) is 3.05. The summed E-state index contributed by atoms with van der Waals surface area (Å²) in [4.78, 5) is 20.9. The smallest absolute Gasteiger partial charge is 0.404 e. The lowest BCUT2D eigenvalue weighted by Crippen LogP contribution is -2.03. The summed E-state index contributed by atoms with van der Waals surface area (Å²) in [5.41, 5.74) is 0.924. The number of rotatable bonds is 4. The number of nitro groups is 1. The van der Waals surface area contributed by atoms with Crippen molar-refractivity contribution in [3.05, 3.63) is 54.6 Å². The van der Waals surface area contributed by atoms with Crippen LogP contribution in [0.1, 0.15) is 15.9 Å². The number of benzene rings is 1. The normalized spacial score (nSPS) is 10.5. The van der Waals surface area contributed by atoms with Crippen molar-refractivity contribution in [1.29, 1.82) is 0 Å². The monoisotopic (exact) mass is 403 g/mol. The molecule has 0 spiro atoms. The van der Waals surface area contributed by atoms with Crippen LogP contribution in [0.25, 0.3) is 0 Å². The van der Waals surface area contributed by atoms with E-state index in [1.165, 1.54) is 23.0 Å². The molecule has 2 rings (SSSR count). The van der Waals surface area contributed by atoms with Gasteiger partial charge in [-0.25, -0.2) is 4.79 Å². The van der Waals surface area contributed by atoms with Gasteiger partial charge in [0.25, 0.3) is 0 Å². The second kappa shape index (κ2) is 5.71. The van der Waals surface area contributed by atoms with E-state index in [1.807, 2.05) is 0 Å². The molecule has 9 heteroatoms. The number of aromatic nitrogens is 2. The third-order valence-electron chi connectivity index (χ3n) is 2.50. The molecule has 0 unspecified atom stereocenters. The Balaban J connectivity index is 2.28. The molecule has 20 heavy (non-hydrogen) atoms. The van der Waals surface area contributed by atoms with Crippen LogP contribution in [-0.2, 0) is 6.54 Å². The van der Waals surface area contributed by atoms with Crippen molar-refractivity contribution in [1.82, 2.24) is 9.78 Å². The van der Waals surface area contributed by atoms with Crippen LogP contribution in [0, 0.1) is 10.1 Å². The van der Waals surface area contributed by atoms with Gasteiger partial charge in [-0.3, -0.25) is 0 Å². The molecule has 0 radical (unpaired) electrons. The summed E-state index contributed by atoms with van der Waals surface area (Å²) in [5.74, 6) is -1.28. The average Bonchev–Trinajstić information content (AvgIpc) is 2.73. The second-order valence-corrected chi connectivity index (χ2v) is 5.58. The van der Waals surface area contributed by atoms with Crippen LogP contribution in [0.15, 0.2) is 33.3 Å². The van der Waals surface area contributed by atoms with Gasteiger partial charge in [0, 0.05) is 4.47 Å². The van der Waals surface area contributed by atoms with Crippen LogP contribution in [-0.4, -0.2) is 25.8 Å². The van der Waals surface area contributed by atoms with E-state index < -0.39 is 10.9 Å². The number of carboxylic acid groups (broad SMARTS) is 1. The molecule has 0 atom stereocenters. The summed E-state index contributed by atoms with van der Waals surface area (Å²) >= 11 is 6.34. The van der Waals surface area contributed by atoms with Gasteiger partial charge in [-0.05, 0) is 38.5 Å². The van der Waals surface area contributed by atoms with Gasteiger partial charge >= 0.3 is 11.8 Å². The first kappa shape index (κ1) is 14.7. The van der Waals surface area contributed by atoms with Crippen molar-refractivity contribution >= 4 is 43.6 Å². The van der Waals surface area contributed by atoms with Gasteiger partial charge in [0.1, 0.15) is 4.47 Å². The van der Waals surface area contributed by atoms with E-state index in [-0.39, 0.29) is 17.9 Å². The van der Waals surface area contributed by atoms with Crippen LogP contribution in [0.2, 0.25) is 0 Å². The number of nitrogens with zero attached hydrogens (tertiary/aromatic N) is 3. The minimum atomic E-state index is -1.02. The fraction of sp³-hybridized carbons (Fsp3) is 0.0909. The summed E-state index contributed by atoms with van der Waals surface area (Å²) in [6.45, 7) is 0.285. The molecule has 1 aromatic carbocycles. The number of hydrogen-bond donors (Lipinski definition) is 1. The van der Waals surface area contributed by atoms with E-state index in [4.69, 9.17) is 5.11 Å². The standard InChI is InChI=1S/C11H7Br2N3O4/c12-8-3-6(11(17)18)1-2-7(8)4-15-5-9(13)10(14-15)16(19)20/h1-3,5H,4H2,(H,17,18). The largest absolute Gasteiger partial charge is 0.478 e. The van der Waals surface area contributed by atoms with Crippen molar-refractivity contribution in [2.75, 3.05) is 0 Å². The Kier molecular flexibility index (Phi) is 4.19. The Labute approximate surface area is 129 Å². The Morgan fingerprint density at radius 1 is 1.40 bits per heavy atom. The Bertz CT molecular complexity index is 699. The summed E-state index contributed by atoms with van der Waals surface area (Å²) < 4.78 is 2.30. The predicted molar refractivity (Wildman–Crippen MR) is 76.8 cm³/mol. The van der Waals surface area contributed by atoms with Gasteiger partial charge in [0.05, 0.1) is 23.4 Å². The van der Waals surface area contributed by atoms with Gasteiger partial charge in [0.2, 0.25) is 0 Å². The zero-order chi connectivity index (χ0) is 14.9. The van der Waals surface area contributed by atoms with E-state index in [1.54, 1.807) is 6.07 Å². The topological polar surface area (TPSA) is 98.3 Å². The highest BCUT2D eigenvalue weighted by Crippen LogP contribution is 2.24. The summed E-state index contributed by atoms with van der Waals surface area (Å²) in [6, 6.07) is 4.58. The highest BCUT2D eigenvalue weighted by Gasteiger charge is 2.19. The zero-order valence-electron chi connectivity index (χ0n) is 9.79. The lowest BCUT2D eigenvalue weighted by Gasteiger charge is -2.03. The lowest BCUT2D eigenvalue weighted by molar-refractivity contribution is -0.390. The molecule has 2 aromatic rings. The number of hydrogen-bond acceptors (Lipinski definition) is 4. The SMILES string of the molecule is O=C(O)c1ccc(Cn2cc(Br)c([N+](=O)[O-])n2)c(Br)c1. The highest BCUT2D eigenvalue weighted by atomic mass is 79.9. The van der Waals surface area contributed by atoms with E-state index in [0.717, 1.165) is 5.56 Å². The fourth-order valence-corrected chi connectivity index (χ4v) is 2.54. The molecular formula is C11H7Br2N3O4. The Morgan fingerprint density at radius 2 is 2.10 bits per heavy atom. The third-order valence-corrected chi connectivity index (χ3v) is 3.80. The molecular weight excluding hydrogens is 398 g/mol. The van der Waals surface area contributed by atoms with E-state index in [0.29, 0.717) is 8.95 Å². The number of halogens is 2. The van der Waals surface area contributed by atoms with Gasteiger partial charge in [-0.1, -0.05) is 22.0 Å². The quantitative estimate of drug-likeness (QED) is 0.623. The Morgan fingerprint density at radius 3 is 2.60 bits per heavy atom. The van der Waals surface area contributed by atoms with Crippen LogP contribution < -0.4 is 0 Å². The van der Waals surface area contributed by atoms with Crippen molar-refractivity contribution < 1.29 is 14.8 Å².